The molecule has 0 saturated carbocycles. The van der Waals surface area contributed by atoms with Crippen LogP contribution in [0.25, 0.3) is 0 Å². The second-order valence-corrected chi connectivity index (χ2v) is 6.72. The van der Waals surface area contributed by atoms with Gasteiger partial charge in [-0.25, -0.2) is 4.39 Å². The predicted molar refractivity (Wildman–Crippen MR) is 117 cm³/mol. The Balaban J connectivity index is 1.36. The number of halogens is 1. The van der Waals surface area contributed by atoms with Crippen molar-refractivity contribution in [3.05, 3.63) is 95.8 Å². The lowest BCUT2D eigenvalue weighted by atomic mass is 10.1. The van der Waals surface area contributed by atoms with Crippen molar-refractivity contribution in [3.63, 3.8) is 0 Å². The van der Waals surface area contributed by atoms with Gasteiger partial charge in [0, 0.05) is 23.4 Å². The van der Waals surface area contributed by atoms with Gasteiger partial charge in [-0.3, -0.25) is 9.59 Å². The Morgan fingerprint density at radius 3 is 2.29 bits per heavy atom. The van der Waals surface area contributed by atoms with Crippen LogP contribution in [0.2, 0.25) is 0 Å². The van der Waals surface area contributed by atoms with Crippen LogP contribution in [0.4, 0.5) is 10.1 Å². The van der Waals surface area contributed by atoms with Gasteiger partial charge in [0.25, 0.3) is 5.91 Å². The van der Waals surface area contributed by atoms with Crippen LogP contribution in [0.5, 0.6) is 5.75 Å². The van der Waals surface area contributed by atoms with Crippen LogP contribution in [0.3, 0.4) is 0 Å². The highest BCUT2D eigenvalue weighted by atomic mass is 19.1. The molecule has 160 valence electrons. The number of nitrogens with one attached hydrogen (secondary N) is 3. The number of rotatable bonds is 10. The van der Waals surface area contributed by atoms with E-state index in [9.17, 15) is 14.0 Å². The van der Waals surface area contributed by atoms with Crippen molar-refractivity contribution < 1.29 is 18.7 Å². The summed E-state index contributed by atoms with van der Waals surface area (Å²) in [4.78, 5) is 24.2. The van der Waals surface area contributed by atoms with Crippen LogP contribution in [0.1, 0.15) is 15.9 Å². The van der Waals surface area contributed by atoms with Crippen LogP contribution in [0.15, 0.2) is 78.9 Å². The fourth-order valence-electron chi connectivity index (χ4n) is 2.78. The minimum atomic E-state index is -0.354. The summed E-state index contributed by atoms with van der Waals surface area (Å²) in [5, 5.41) is 8.46. The van der Waals surface area contributed by atoms with Gasteiger partial charge in [-0.15, -0.1) is 0 Å². The Kier molecular flexibility index (Phi) is 7.99. The number of ether oxygens (including phenoxy) is 1. The maximum atomic E-state index is 13.6. The quantitative estimate of drug-likeness (QED) is 0.439. The van der Waals surface area contributed by atoms with Gasteiger partial charge in [0.15, 0.2) is 0 Å². The van der Waals surface area contributed by atoms with E-state index in [1.165, 1.54) is 6.07 Å². The Hall–Kier alpha value is -3.87. The molecule has 6 nitrogen and oxygen atoms in total. The number of benzene rings is 3. The van der Waals surface area contributed by atoms with Crippen molar-refractivity contribution >= 4 is 17.5 Å². The first-order chi connectivity index (χ1) is 15.1. The molecule has 0 aliphatic carbocycles. The minimum absolute atomic E-state index is 0.101. The van der Waals surface area contributed by atoms with Gasteiger partial charge in [0.2, 0.25) is 5.91 Å². The van der Waals surface area contributed by atoms with Gasteiger partial charge in [-0.05, 0) is 42.5 Å². The average molecular weight is 421 g/mol. The maximum absolute atomic E-state index is 13.6. The monoisotopic (exact) mass is 421 g/mol. The van der Waals surface area contributed by atoms with E-state index in [4.69, 9.17) is 4.74 Å². The summed E-state index contributed by atoms with van der Waals surface area (Å²) in [6.45, 7) is 0.993. The summed E-state index contributed by atoms with van der Waals surface area (Å²) in [6, 6.07) is 22.4. The molecule has 0 aliphatic heterocycles. The zero-order chi connectivity index (χ0) is 21.9. The second kappa shape index (κ2) is 11.3. The number of para-hydroxylation sites is 1. The number of carbonyl (C=O) groups is 2. The molecule has 0 aromatic heterocycles. The highest BCUT2D eigenvalue weighted by molar-refractivity contribution is 5.94. The largest absolute Gasteiger partial charge is 0.492 e. The number of anilines is 1. The predicted octanol–water partition coefficient (Wildman–Crippen LogP) is 3.36. The molecule has 0 atom stereocenters. The van der Waals surface area contributed by atoms with Gasteiger partial charge in [-0.2, -0.15) is 0 Å². The molecule has 31 heavy (non-hydrogen) atoms. The Morgan fingerprint density at radius 1 is 0.839 bits per heavy atom. The van der Waals surface area contributed by atoms with Crippen LogP contribution in [0, 0.1) is 5.82 Å². The Labute approximate surface area is 180 Å². The molecule has 0 radical (unpaired) electrons. The summed E-state index contributed by atoms with van der Waals surface area (Å²) in [6.07, 6.45) is 0. The molecule has 0 unspecified atom stereocenters. The molecule has 7 heteroatoms. The molecule has 0 spiro atoms. The lowest BCUT2D eigenvalue weighted by Gasteiger charge is -2.10. The molecule has 0 bridgehead atoms. The first-order valence-electron chi connectivity index (χ1n) is 9.92. The SMILES string of the molecule is O=C(CNc1ccc(C(=O)NCc2ccccc2F)cc1)NCCOc1ccccc1. The van der Waals surface area contributed by atoms with Crippen molar-refractivity contribution in [2.75, 3.05) is 25.0 Å². The van der Waals surface area contributed by atoms with Crippen molar-refractivity contribution in [2.45, 2.75) is 6.54 Å². The smallest absolute Gasteiger partial charge is 0.251 e. The van der Waals surface area contributed by atoms with E-state index >= 15 is 0 Å². The molecule has 2 amide bonds. The third-order valence-electron chi connectivity index (χ3n) is 4.43. The molecule has 0 fully saturated rings. The Bertz CT molecular complexity index is 994. The summed E-state index contributed by atoms with van der Waals surface area (Å²) in [5.41, 5.74) is 1.58. The first-order valence-corrected chi connectivity index (χ1v) is 9.92. The third kappa shape index (κ3) is 7.15. The van der Waals surface area contributed by atoms with E-state index < -0.39 is 0 Å². The fourth-order valence-corrected chi connectivity index (χ4v) is 2.78. The van der Waals surface area contributed by atoms with E-state index in [0.717, 1.165) is 5.75 Å². The third-order valence-corrected chi connectivity index (χ3v) is 4.43. The standard InChI is InChI=1S/C24H24FN3O3/c25-22-9-5-4-6-19(22)16-28-24(30)18-10-12-20(13-11-18)27-17-23(29)26-14-15-31-21-7-2-1-3-8-21/h1-13,27H,14-17H2,(H,26,29)(H,28,30). The molecule has 0 saturated heterocycles. The first kappa shape index (κ1) is 21.8. The molecule has 0 aliphatic rings. The van der Waals surface area contributed by atoms with Gasteiger partial charge >= 0.3 is 0 Å². The summed E-state index contributed by atoms with van der Waals surface area (Å²) >= 11 is 0. The van der Waals surface area contributed by atoms with Crippen LogP contribution < -0.4 is 20.7 Å². The van der Waals surface area contributed by atoms with Crippen LogP contribution >= 0.6 is 0 Å². The van der Waals surface area contributed by atoms with Gasteiger partial charge in [0.1, 0.15) is 18.2 Å². The molecule has 3 rings (SSSR count). The van der Waals surface area contributed by atoms with Crippen molar-refractivity contribution in [1.29, 1.82) is 0 Å². The molecule has 3 N–H and O–H groups in total. The lowest BCUT2D eigenvalue weighted by Crippen LogP contribution is -2.33. The van der Waals surface area contributed by atoms with Crippen LogP contribution in [-0.2, 0) is 11.3 Å². The van der Waals surface area contributed by atoms with Crippen molar-refractivity contribution in [2.24, 2.45) is 0 Å². The average Bonchev–Trinajstić information content (AvgIpc) is 2.81. The number of hydrogen-bond donors (Lipinski definition) is 3. The Morgan fingerprint density at radius 2 is 1.55 bits per heavy atom. The molecular formula is C24H24FN3O3. The van der Waals surface area contributed by atoms with Crippen molar-refractivity contribution in [1.82, 2.24) is 10.6 Å². The highest BCUT2D eigenvalue weighted by Crippen LogP contribution is 2.11. The van der Waals surface area contributed by atoms with E-state index in [-0.39, 0.29) is 30.7 Å². The highest BCUT2D eigenvalue weighted by Gasteiger charge is 2.08. The normalized spacial score (nSPS) is 10.2. The van der Waals surface area contributed by atoms with E-state index in [1.54, 1.807) is 42.5 Å². The number of carbonyl (C=O) groups excluding carboxylic acids is 2. The number of hydrogen-bond acceptors (Lipinski definition) is 4. The minimum Gasteiger partial charge on any atom is -0.492 e. The summed E-state index contributed by atoms with van der Waals surface area (Å²) in [7, 11) is 0. The van der Waals surface area contributed by atoms with E-state index in [0.29, 0.717) is 30.0 Å². The van der Waals surface area contributed by atoms with Gasteiger partial charge in [0.05, 0.1) is 13.1 Å². The van der Waals surface area contributed by atoms with Crippen LogP contribution in [-0.4, -0.2) is 31.5 Å². The molecule has 3 aromatic carbocycles. The van der Waals surface area contributed by atoms with E-state index in [2.05, 4.69) is 16.0 Å². The molecule has 0 heterocycles. The number of amides is 2. The topological polar surface area (TPSA) is 79.5 Å². The summed E-state index contributed by atoms with van der Waals surface area (Å²) < 4.78 is 19.1. The van der Waals surface area contributed by atoms with Crippen molar-refractivity contribution in [3.8, 4) is 5.75 Å². The summed E-state index contributed by atoms with van der Waals surface area (Å²) in [5.74, 6) is -0.0607. The zero-order valence-corrected chi connectivity index (χ0v) is 16.9. The fraction of sp³-hybridized carbons (Fsp3) is 0.167. The van der Waals surface area contributed by atoms with Gasteiger partial charge in [-0.1, -0.05) is 36.4 Å². The molecular weight excluding hydrogens is 397 g/mol. The maximum Gasteiger partial charge on any atom is 0.251 e. The lowest BCUT2D eigenvalue weighted by molar-refractivity contribution is -0.119. The second-order valence-electron chi connectivity index (χ2n) is 6.72. The molecule has 3 aromatic rings. The zero-order valence-electron chi connectivity index (χ0n) is 16.9. The van der Waals surface area contributed by atoms with Gasteiger partial charge < -0.3 is 20.7 Å². The van der Waals surface area contributed by atoms with E-state index in [1.807, 2.05) is 30.3 Å².